The number of halogens is 1. The van der Waals surface area contributed by atoms with Gasteiger partial charge in [0, 0.05) is 15.8 Å². The summed E-state index contributed by atoms with van der Waals surface area (Å²) in [5.41, 5.74) is 5.66. The molecule has 124 valence electrons. The number of carbonyl (C=O) groups excluding carboxylic acids is 1. The molecule has 0 radical (unpaired) electrons. The Kier molecular flexibility index (Phi) is 6.08. The van der Waals surface area contributed by atoms with Gasteiger partial charge >= 0.3 is 6.03 Å². The Morgan fingerprint density at radius 1 is 0.958 bits per heavy atom. The fraction of sp³-hybridized carbons (Fsp3) is 0.118. The van der Waals surface area contributed by atoms with E-state index in [4.69, 9.17) is 5.41 Å². The molecule has 0 aromatic heterocycles. The maximum atomic E-state index is 12.0. The average Bonchev–Trinajstić information content (AvgIpc) is 2.55. The molecule has 0 atom stereocenters. The minimum atomic E-state index is -0.309. The van der Waals surface area contributed by atoms with Gasteiger partial charge in [0.25, 0.3) is 0 Å². The fourth-order valence-corrected chi connectivity index (χ4v) is 2.12. The van der Waals surface area contributed by atoms with Crippen LogP contribution in [-0.2, 0) is 0 Å². The summed E-state index contributed by atoms with van der Waals surface area (Å²) in [6.45, 7) is 3.46. The lowest BCUT2D eigenvalue weighted by Crippen LogP contribution is -2.19. The molecular formula is C17H18BrN5O. The lowest BCUT2D eigenvalue weighted by molar-refractivity contribution is 0.262. The summed E-state index contributed by atoms with van der Waals surface area (Å²) >= 11 is 3.35. The third kappa shape index (κ3) is 5.51. The molecule has 0 saturated heterocycles. The van der Waals surface area contributed by atoms with Gasteiger partial charge in [-0.3, -0.25) is 10.8 Å². The van der Waals surface area contributed by atoms with Gasteiger partial charge in [0.15, 0.2) is 0 Å². The Morgan fingerprint density at radius 2 is 1.46 bits per heavy atom. The number of hydrogen-bond donors (Lipinski definition) is 4. The van der Waals surface area contributed by atoms with Gasteiger partial charge in [-0.15, -0.1) is 0 Å². The van der Waals surface area contributed by atoms with Gasteiger partial charge < -0.3 is 10.6 Å². The highest BCUT2D eigenvalue weighted by molar-refractivity contribution is 9.10. The predicted molar refractivity (Wildman–Crippen MR) is 102 cm³/mol. The van der Waals surface area contributed by atoms with E-state index in [1.807, 2.05) is 43.3 Å². The number of amides is 2. The van der Waals surface area contributed by atoms with Crippen molar-refractivity contribution in [3.8, 4) is 0 Å². The van der Waals surface area contributed by atoms with Crippen LogP contribution in [0.4, 0.5) is 16.2 Å². The van der Waals surface area contributed by atoms with Crippen LogP contribution in [0, 0.1) is 5.41 Å². The number of nitrogens with zero attached hydrogens (tertiary/aromatic N) is 1. The molecule has 4 N–H and O–H groups in total. The molecule has 2 rings (SSSR count). The van der Waals surface area contributed by atoms with E-state index in [0.717, 1.165) is 15.7 Å². The Hall–Kier alpha value is -2.67. The van der Waals surface area contributed by atoms with Crippen molar-refractivity contribution in [2.45, 2.75) is 13.8 Å². The Labute approximate surface area is 149 Å². The molecule has 0 aliphatic rings. The molecule has 0 aliphatic heterocycles. The van der Waals surface area contributed by atoms with Crippen molar-refractivity contribution in [2.75, 3.05) is 10.6 Å². The molecule has 7 heteroatoms. The Morgan fingerprint density at radius 3 is 1.96 bits per heavy atom. The molecule has 24 heavy (non-hydrogen) atoms. The fourth-order valence-electron chi connectivity index (χ4n) is 1.85. The van der Waals surface area contributed by atoms with Gasteiger partial charge in [-0.25, -0.2) is 4.79 Å². The normalized spacial score (nSPS) is 10.9. The quantitative estimate of drug-likeness (QED) is 0.355. The highest BCUT2D eigenvalue weighted by atomic mass is 79.9. The average molecular weight is 388 g/mol. The van der Waals surface area contributed by atoms with Crippen LogP contribution >= 0.6 is 15.9 Å². The zero-order chi connectivity index (χ0) is 17.5. The second-order valence-corrected chi connectivity index (χ2v) is 6.01. The number of amidine groups is 1. The summed E-state index contributed by atoms with van der Waals surface area (Å²) in [7, 11) is 0. The molecule has 2 amide bonds. The van der Waals surface area contributed by atoms with E-state index in [1.165, 1.54) is 0 Å². The lowest BCUT2D eigenvalue weighted by atomic mass is 10.1. The van der Waals surface area contributed by atoms with E-state index in [9.17, 15) is 4.79 Å². The summed E-state index contributed by atoms with van der Waals surface area (Å²) in [4.78, 5) is 12.0. The number of anilines is 2. The van der Waals surface area contributed by atoms with Crippen LogP contribution in [0.3, 0.4) is 0 Å². The lowest BCUT2D eigenvalue weighted by Gasteiger charge is -2.08. The summed E-state index contributed by atoms with van der Waals surface area (Å²) in [6.07, 6.45) is 0. The largest absolute Gasteiger partial charge is 0.323 e. The van der Waals surface area contributed by atoms with Crippen molar-refractivity contribution in [3.63, 3.8) is 0 Å². The standard InChI is InChI=1S/C17H18BrN5O/c1-11(22-23-12(2)19)13-3-7-15(8-4-13)20-17(24)21-16-9-5-14(18)6-10-16/h3-10H,1-2H3,(H2,19,23)(H2,20,21,24)/b22-11+. The highest BCUT2D eigenvalue weighted by Gasteiger charge is 2.04. The first-order valence-electron chi connectivity index (χ1n) is 7.23. The van der Waals surface area contributed by atoms with Gasteiger partial charge in [0.05, 0.1) is 5.71 Å². The van der Waals surface area contributed by atoms with E-state index in [-0.39, 0.29) is 11.9 Å². The SMILES string of the molecule is CC(=N)N/N=C(\C)c1ccc(NC(=O)Nc2ccc(Br)cc2)cc1. The van der Waals surface area contributed by atoms with E-state index < -0.39 is 0 Å². The first kappa shape index (κ1) is 17.7. The molecule has 0 heterocycles. The number of benzene rings is 2. The van der Waals surface area contributed by atoms with E-state index >= 15 is 0 Å². The highest BCUT2D eigenvalue weighted by Crippen LogP contribution is 2.15. The molecule has 2 aromatic rings. The van der Waals surface area contributed by atoms with Crippen LogP contribution < -0.4 is 16.1 Å². The summed E-state index contributed by atoms with van der Waals surface area (Å²) in [5.74, 6) is 0.275. The smallest absolute Gasteiger partial charge is 0.308 e. The van der Waals surface area contributed by atoms with E-state index in [0.29, 0.717) is 11.4 Å². The molecule has 0 saturated carbocycles. The number of urea groups is 1. The minimum absolute atomic E-state index is 0.275. The van der Waals surface area contributed by atoms with Crippen LogP contribution in [0.15, 0.2) is 58.1 Å². The molecule has 0 aliphatic carbocycles. The van der Waals surface area contributed by atoms with Crippen LogP contribution in [0.1, 0.15) is 19.4 Å². The first-order chi connectivity index (χ1) is 11.4. The van der Waals surface area contributed by atoms with Gasteiger partial charge in [0.2, 0.25) is 0 Å². The summed E-state index contributed by atoms with van der Waals surface area (Å²) in [6, 6.07) is 14.3. The van der Waals surface area contributed by atoms with Crippen LogP contribution in [0.2, 0.25) is 0 Å². The Bertz CT molecular complexity index is 754. The summed E-state index contributed by atoms with van der Waals surface area (Å²) < 4.78 is 0.953. The van der Waals surface area contributed by atoms with E-state index in [2.05, 4.69) is 37.1 Å². The van der Waals surface area contributed by atoms with Gasteiger partial charge in [-0.05, 0) is 55.8 Å². The first-order valence-corrected chi connectivity index (χ1v) is 8.03. The zero-order valence-electron chi connectivity index (χ0n) is 13.4. The number of rotatable bonds is 4. The van der Waals surface area contributed by atoms with Crippen molar-refractivity contribution in [1.29, 1.82) is 5.41 Å². The van der Waals surface area contributed by atoms with Gasteiger partial charge in [0.1, 0.15) is 5.84 Å². The van der Waals surface area contributed by atoms with Gasteiger partial charge in [-0.2, -0.15) is 5.10 Å². The van der Waals surface area contributed by atoms with Crippen molar-refractivity contribution >= 4 is 44.9 Å². The second kappa shape index (κ2) is 8.26. The van der Waals surface area contributed by atoms with E-state index in [1.54, 1.807) is 19.1 Å². The van der Waals surface area contributed by atoms with Crippen LogP contribution in [-0.4, -0.2) is 17.6 Å². The monoisotopic (exact) mass is 387 g/mol. The molecule has 0 spiro atoms. The van der Waals surface area contributed by atoms with Crippen LogP contribution in [0.5, 0.6) is 0 Å². The molecule has 6 nitrogen and oxygen atoms in total. The van der Waals surface area contributed by atoms with Gasteiger partial charge in [-0.1, -0.05) is 28.1 Å². The maximum absolute atomic E-state index is 12.0. The van der Waals surface area contributed by atoms with Crippen LogP contribution in [0.25, 0.3) is 0 Å². The van der Waals surface area contributed by atoms with Crippen molar-refractivity contribution in [1.82, 2.24) is 5.43 Å². The summed E-state index contributed by atoms with van der Waals surface area (Å²) in [5, 5.41) is 16.9. The van der Waals surface area contributed by atoms with Crippen molar-refractivity contribution in [3.05, 3.63) is 58.6 Å². The maximum Gasteiger partial charge on any atom is 0.323 e. The topological polar surface area (TPSA) is 89.4 Å². The molecule has 0 bridgehead atoms. The Balaban J connectivity index is 1.95. The minimum Gasteiger partial charge on any atom is -0.308 e. The predicted octanol–water partition coefficient (Wildman–Crippen LogP) is 4.40. The zero-order valence-corrected chi connectivity index (χ0v) is 14.9. The van der Waals surface area contributed by atoms with Crippen molar-refractivity contribution < 1.29 is 4.79 Å². The third-order valence-electron chi connectivity index (χ3n) is 3.05. The van der Waals surface area contributed by atoms with Crippen molar-refractivity contribution in [2.24, 2.45) is 5.10 Å². The molecular weight excluding hydrogens is 370 g/mol. The number of hydrogen-bond acceptors (Lipinski definition) is 3. The third-order valence-corrected chi connectivity index (χ3v) is 3.58. The number of nitrogens with one attached hydrogen (secondary N) is 4. The molecule has 0 fully saturated rings. The molecule has 2 aromatic carbocycles. The number of carbonyl (C=O) groups is 1. The second-order valence-electron chi connectivity index (χ2n) is 5.10. The number of hydrazone groups is 1. The molecule has 0 unspecified atom stereocenters.